The van der Waals surface area contributed by atoms with E-state index in [-0.39, 0.29) is 17.8 Å². The Labute approximate surface area is 139 Å². The van der Waals surface area contributed by atoms with Crippen molar-refractivity contribution in [3.8, 4) is 0 Å². The van der Waals surface area contributed by atoms with E-state index < -0.39 is 0 Å². The molecule has 0 aromatic heterocycles. The molecule has 1 aliphatic rings. The number of ether oxygens (including phenoxy) is 1. The maximum atomic E-state index is 11.5. The van der Waals surface area contributed by atoms with Gasteiger partial charge in [-0.25, -0.2) is 0 Å². The molecule has 1 saturated carbocycles. The van der Waals surface area contributed by atoms with E-state index in [2.05, 4.69) is 25.1 Å². The van der Waals surface area contributed by atoms with Crippen molar-refractivity contribution in [3.05, 3.63) is 34.9 Å². The molecule has 0 heterocycles. The van der Waals surface area contributed by atoms with Crippen molar-refractivity contribution in [3.63, 3.8) is 0 Å². The van der Waals surface area contributed by atoms with Gasteiger partial charge in [-0.15, -0.1) is 11.6 Å². The summed E-state index contributed by atoms with van der Waals surface area (Å²) < 4.78 is 4.95. The highest BCUT2D eigenvalue weighted by Gasteiger charge is 2.18. The van der Waals surface area contributed by atoms with Gasteiger partial charge in [-0.1, -0.05) is 37.5 Å². The van der Waals surface area contributed by atoms with E-state index in [0.29, 0.717) is 13.0 Å². The lowest BCUT2D eigenvalue weighted by Gasteiger charge is -2.24. The Bertz CT molecular complexity index is 492. The molecule has 0 spiro atoms. The minimum Gasteiger partial charge on any atom is -0.466 e. The Morgan fingerprint density at radius 1 is 1.32 bits per heavy atom. The van der Waals surface area contributed by atoms with E-state index in [0.717, 1.165) is 5.92 Å². The molecular formula is C19H27ClO2. The minimum atomic E-state index is -0.210. The number of carbonyl (C=O) groups is 1. The maximum Gasteiger partial charge on any atom is 0.307 e. The normalized spacial score (nSPS) is 17.2. The molecule has 1 atom stereocenters. The molecule has 0 amide bonds. The number of halogens is 1. The van der Waals surface area contributed by atoms with Gasteiger partial charge in [0.2, 0.25) is 0 Å². The Balaban J connectivity index is 1.95. The lowest BCUT2D eigenvalue weighted by atomic mass is 9.82. The number of carbonyl (C=O) groups excluding carboxylic acids is 1. The fourth-order valence-electron chi connectivity index (χ4n) is 3.47. The zero-order chi connectivity index (χ0) is 15.9. The van der Waals surface area contributed by atoms with Crippen molar-refractivity contribution in [1.82, 2.24) is 0 Å². The molecule has 1 aliphatic carbocycles. The van der Waals surface area contributed by atoms with Gasteiger partial charge < -0.3 is 4.74 Å². The third kappa shape index (κ3) is 5.01. The van der Waals surface area contributed by atoms with Crippen molar-refractivity contribution >= 4 is 17.6 Å². The number of rotatable bonds is 6. The summed E-state index contributed by atoms with van der Waals surface area (Å²) >= 11 is 6.29. The number of aryl methyl sites for hydroxylation is 1. The summed E-state index contributed by atoms with van der Waals surface area (Å²) in [6.45, 7) is 4.42. The molecule has 0 N–H and O–H groups in total. The first-order valence-electron chi connectivity index (χ1n) is 8.49. The minimum absolute atomic E-state index is 0.195. The molecule has 2 nitrogen and oxygen atoms in total. The van der Waals surface area contributed by atoms with E-state index >= 15 is 0 Å². The summed E-state index contributed by atoms with van der Waals surface area (Å²) in [7, 11) is 0. The fourth-order valence-corrected chi connectivity index (χ4v) is 3.77. The van der Waals surface area contributed by atoms with Crippen LogP contribution in [0.3, 0.4) is 0 Å². The van der Waals surface area contributed by atoms with Crippen molar-refractivity contribution in [2.75, 3.05) is 6.61 Å². The van der Waals surface area contributed by atoms with Crippen LogP contribution in [0.25, 0.3) is 0 Å². The smallest absolute Gasteiger partial charge is 0.307 e. The zero-order valence-electron chi connectivity index (χ0n) is 13.7. The molecule has 2 rings (SSSR count). The quantitative estimate of drug-likeness (QED) is 0.535. The average molecular weight is 323 g/mol. The van der Waals surface area contributed by atoms with Crippen LogP contribution >= 0.6 is 11.6 Å². The van der Waals surface area contributed by atoms with Gasteiger partial charge in [0.1, 0.15) is 0 Å². The summed E-state index contributed by atoms with van der Waals surface area (Å²) in [5.74, 6) is 0.521. The molecular weight excluding hydrogens is 296 g/mol. The van der Waals surface area contributed by atoms with Crippen molar-refractivity contribution in [1.29, 1.82) is 0 Å². The number of hydrogen-bond donors (Lipinski definition) is 0. The van der Waals surface area contributed by atoms with Crippen molar-refractivity contribution in [2.24, 2.45) is 0 Å². The average Bonchev–Trinajstić information content (AvgIpc) is 2.48. The van der Waals surface area contributed by atoms with E-state index in [4.69, 9.17) is 16.3 Å². The predicted molar refractivity (Wildman–Crippen MR) is 91.6 cm³/mol. The van der Waals surface area contributed by atoms with E-state index in [1.807, 2.05) is 6.92 Å². The lowest BCUT2D eigenvalue weighted by Crippen LogP contribution is -2.14. The van der Waals surface area contributed by atoms with Crippen LogP contribution in [0.2, 0.25) is 0 Å². The number of esters is 1. The van der Waals surface area contributed by atoms with Gasteiger partial charge in [0.15, 0.2) is 0 Å². The van der Waals surface area contributed by atoms with Crippen LogP contribution in [0, 0.1) is 6.92 Å². The zero-order valence-corrected chi connectivity index (χ0v) is 14.5. The van der Waals surface area contributed by atoms with Gasteiger partial charge in [0, 0.05) is 5.38 Å². The summed E-state index contributed by atoms with van der Waals surface area (Å²) in [5, 5.41) is -0.195. The van der Waals surface area contributed by atoms with Gasteiger partial charge >= 0.3 is 5.97 Å². The highest BCUT2D eigenvalue weighted by atomic mass is 35.5. The van der Waals surface area contributed by atoms with Crippen molar-refractivity contribution < 1.29 is 9.53 Å². The summed E-state index contributed by atoms with van der Waals surface area (Å²) in [6.07, 6.45) is 7.73. The van der Waals surface area contributed by atoms with Crippen LogP contribution in [-0.2, 0) is 16.0 Å². The van der Waals surface area contributed by atoms with Crippen LogP contribution in [0.5, 0.6) is 0 Å². The van der Waals surface area contributed by atoms with Crippen LogP contribution < -0.4 is 0 Å². The second-order valence-corrected chi connectivity index (χ2v) is 6.95. The first-order valence-corrected chi connectivity index (χ1v) is 8.93. The second kappa shape index (κ2) is 8.57. The summed E-state index contributed by atoms with van der Waals surface area (Å²) in [4.78, 5) is 11.5. The first kappa shape index (κ1) is 17.3. The molecule has 0 radical (unpaired) electrons. The highest BCUT2D eigenvalue weighted by Crippen LogP contribution is 2.34. The Morgan fingerprint density at radius 2 is 2.05 bits per heavy atom. The standard InChI is InChI=1S/C19H27ClO2/c1-3-22-19(21)13-17(20)12-15-9-10-18(14(2)11-15)16-7-5-4-6-8-16/h9-11,16-17H,3-8,12-13H2,1-2H3. The Hall–Kier alpha value is -1.02. The van der Waals surface area contributed by atoms with E-state index in [1.165, 1.54) is 48.8 Å². The number of benzene rings is 1. The molecule has 1 fully saturated rings. The molecule has 1 aromatic rings. The van der Waals surface area contributed by atoms with E-state index in [9.17, 15) is 4.79 Å². The van der Waals surface area contributed by atoms with E-state index in [1.54, 1.807) is 0 Å². The predicted octanol–water partition coefficient (Wildman–Crippen LogP) is 5.15. The molecule has 22 heavy (non-hydrogen) atoms. The van der Waals surface area contributed by atoms with Gasteiger partial charge in [-0.05, 0) is 55.7 Å². The Morgan fingerprint density at radius 3 is 2.68 bits per heavy atom. The third-order valence-electron chi connectivity index (χ3n) is 4.53. The lowest BCUT2D eigenvalue weighted by molar-refractivity contribution is -0.143. The number of alkyl halides is 1. The maximum absolute atomic E-state index is 11.5. The monoisotopic (exact) mass is 322 g/mol. The highest BCUT2D eigenvalue weighted by molar-refractivity contribution is 6.21. The number of hydrogen-bond acceptors (Lipinski definition) is 2. The fraction of sp³-hybridized carbons (Fsp3) is 0.632. The van der Waals surface area contributed by atoms with Gasteiger partial charge in [-0.2, -0.15) is 0 Å². The first-order chi connectivity index (χ1) is 10.6. The molecule has 1 unspecified atom stereocenters. The molecule has 3 heteroatoms. The third-order valence-corrected chi connectivity index (χ3v) is 4.84. The second-order valence-electron chi connectivity index (χ2n) is 6.34. The largest absolute Gasteiger partial charge is 0.466 e. The van der Waals surface area contributed by atoms with Crippen LogP contribution in [0.1, 0.15) is 68.1 Å². The molecule has 1 aromatic carbocycles. The molecule has 0 aliphatic heterocycles. The molecule has 122 valence electrons. The van der Waals surface area contributed by atoms with Crippen LogP contribution in [-0.4, -0.2) is 18.0 Å². The van der Waals surface area contributed by atoms with Crippen LogP contribution in [0.4, 0.5) is 0 Å². The Kier molecular flexibility index (Phi) is 6.75. The summed E-state index contributed by atoms with van der Waals surface area (Å²) in [5.41, 5.74) is 4.07. The molecule has 0 bridgehead atoms. The van der Waals surface area contributed by atoms with Gasteiger partial charge in [0.25, 0.3) is 0 Å². The van der Waals surface area contributed by atoms with Crippen molar-refractivity contribution in [2.45, 2.75) is 70.1 Å². The van der Waals surface area contributed by atoms with Crippen LogP contribution in [0.15, 0.2) is 18.2 Å². The summed E-state index contributed by atoms with van der Waals surface area (Å²) in [6, 6.07) is 6.69. The SMILES string of the molecule is CCOC(=O)CC(Cl)Cc1ccc(C2CCCCC2)c(C)c1. The topological polar surface area (TPSA) is 26.3 Å². The molecule has 0 saturated heterocycles. The van der Waals surface area contributed by atoms with Gasteiger partial charge in [0.05, 0.1) is 13.0 Å². The van der Waals surface area contributed by atoms with Gasteiger partial charge in [-0.3, -0.25) is 4.79 Å².